The highest BCUT2D eigenvalue weighted by molar-refractivity contribution is 5.71. The lowest BCUT2D eigenvalue weighted by molar-refractivity contribution is -0.137. The lowest BCUT2D eigenvalue weighted by atomic mass is 10.0. The summed E-state index contributed by atoms with van der Waals surface area (Å²) in [6.45, 7) is 8.19. The van der Waals surface area contributed by atoms with E-state index in [1.165, 1.54) is 0 Å². The largest absolute Gasteiger partial charge is 0.481 e. The number of ether oxygens (including phenoxy) is 1. The zero-order chi connectivity index (χ0) is 13.4. The maximum Gasteiger partial charge on any atom is 0.407 e. The molecule has 0 aromatic rings. The molecule has 0 heterocycles. The van der Waals surface area contributed by atoms with Crippen LogP contribution in [0.3, 0.4) is 0 Å². The molecular weight excluding hydrogens is 222 g/mol. The normalized spacial score (nSPS) is 12.6. The third-order valence-electron chi connectivity index (χ3n) is 2.05. The first-order chi connectivity index (χ1) is 7.81. The molecule has 1 amide bonds. The standard InChI is InChI=1S/C12H23NO4/c1-8(2)5-10(6-11(14)15)13-12(16)17-7-9(3)4/h8-10H,5-7H2,1-4H3,(H,13,16)(H,14,15). The molecule has 5 nitrogen and oxygen atoms in total. The van der Waals surface area contributed by atoms with Gasteiger partial charge in [0.25, 0.3) is 0 Å². The first-order valence-corrected chi connectivity index (χ1v) is 5.96. The fraction of sp³-hybridized carbons (Fsp3) is 0.833. The third-order valence-corrected chi connectivity index (χ3v) is 2.05. The van der Waals surface area contributed by atoms with Crippen molar-refractivity contribution in [2.45, 2.75) is 46.6 Å². The van der Waals surface area contributed by atoms with E-state index in [1.54, 1.807) is 0 Å². The van der Waals surface area contributed by atoms with E-state index in [0.717, 1.165) is 0 Å². The van der Waals surface area contributed by atoms with Crippen LogP contribution < -0.4 is 5.32 Å². The van der Waals surface area contributed by atoms with Crippen molar-refractivity contribution in [3.63, 3.8) is 0 Å². The molecule has 0 aliphatic heterocycles. The number of carboxylic acid groups (broad SMARTS) is 1. The molecule has 0 rings (SSSR count). The van der Waals surface area contributed by atoms with Crippen LogP contribution in [0.1, 0.15) is 40.5 Å². The molecule has 0 radical (unpaired) electrons. The zero-order valence-corrected chi connectivity index (χ0v) is 11.0. The number of aliphatic carboxylic acids is 1. The van der Waals surface area contributed by atoms with E-state index in [1.807, 2.05) is 27.7 Å². The van der Waals surface area contributed by atoms with Crippen molar-refractivity contribution in [3.05, 3.63) is 0 Å². The van der Waals surface area contributed by atoms with Crippen molar-refractivity contribution in [2.24, 2.45) is 11.8 Å². The van der Waals surface area contributed by atoms with E-state index in [0.29, 0.717) is 18.9 Å². The fourth-order valence-corrected chi connectivity index (χ4v) is 1.42. The Bertz CT molecular complexity index is 251. The fourth-order valence-electron chi connectivity index (χ4n) is 1.42. The average Bonchev–Trinajstić information content (AvgIpc) is 2.12. The molecule has 17 heavy (non-hydrogen) atoms. The topological polar surface area (TPSA) is 75.6 Å². The van der Waals surface area contributed by atoms with Gasteiger partial charge in [0.1, 0.15) is 0 Å². The van der Waals surface area contributed by atoms with E-state index >= 15 is 0 Å². The number of nitrogens with one attached hydrogen (secondary N) is 1. The second-order valence-corrected chi connectivity index (χ2v) is 5.06. The van der Waals surface area contributed by atoms with Gasteiger partial charge in [-0.2, -0.15) is 0 Å². The second kappa shape index (κ2) is 7.92. The number of carboxylic acids is 1. The maximum atomic E-state index is 11.4. The van der Waals surface area contributed by atoms with Gasteiger partial charge in [0.15, 0.2) is 0 Å². The molecule has 0 aliphatic carbocycles. The van der Waals surface area contributed by atoms with E-state index in [4.69, 9.17) is 9.84 Å². The van der Waals surface area contributed by atoms with Gasteiger partial charge in [-0.15, -0.1) is 0 Å². The summed E-state index contributed by atoms with van der Waals surface area (Å²) in [4.78, 5) is 22.0. The molecule has 100 valence electrons. The highest BCUT2D eigenvalue weighted by atomic mass is 16.5. The first kappa shape index (κ1) is 15.7. The minimum atomic E-state index is -0.917. The molecule has 0 spiro atoms. The molecule has 0 saturated carbocycles. The Labute approximate surface area is 103 Å². The summed E-state index contributed by atoms with van der Waals surface area (Å²) in [6.07, 6.45) is 0.0171. The molecule has 1 unspecified atom stereocenters. The second-order valence-electron chi connectivity index (χ2n) is 5.06. The maximum absolute atomic E-state index is 11.4. The third kappa shape index (κ3) is 9.66. The Kier molecular flexibility index (Phi) is 7.34. The number of hydrogen-bond donors (Lipinski definition) is 2. The van der Waals surface area contributed by atoms with Gasteiger partial charge in [0.2, 0.25) is 0 Å². The molecule has 0 fully saturated rings. The van der Waals surface area contributed by atoms with Gasteiger partial charge in [-0.3, -0.25) is 4.79 Å². The van der Waals surface area contributed by atoms with Gasteiger partial charge in [-0.05, 0) is 18.3 Å². The van der Waals surface area contributed by atoms with Crippen LogP contribution in [-0.4, -0.2) is 29.8 Å². The molecule has 5 heteroatoms. The SMILES string of the molecule is CC(C)COC(=O)NC(CC(=O)O)CC(C)C. The number of amides is 1. The Hall–Kier alpha value is -1.26. The number of carbonyl (C=O) groups is 2. The van der Waals surface area contributed by atoms with Crippen molar-refractivity contribution >= 4 is 12.1 Å². The van der Waals surface area contributed by atoms with Gasteiger partial charge in [0.05, 0.1) is 13.0 Å². The average molecular weight is 245 g/mol. The zero-order valence-electron chi connectivity index (χ0n) is 11.0. The summed E-state index contributed by atoms with van der Waals surface area (Å²) in [5.74, 6) is -0.326. The minimum Gasteiger partial charge on any atom is -0.481 e. The van der Waals surface area contributed by atoms with Crippen molar-refractivity contribution in [3.8, 4) is 0 Å². The summed E-state index contributed by atoms with van der Waals surface area (Å²) >= 11 is 0. The molecular formula is C12H23NO4. The minimum absolute atomic E-state index is 0.0744. The monoisotopic (exact) mass is 245 g/mol. The van der Waals surface area contributed by atoms with Crippen LogP contribution in [0.15, 0.2) is 0 Å². The summed E-state index contributed by atoms with van der Waals surface area (Å²) in [5, 5.41) is 11.3. The number of hydrogen-bond acceptors (Lipinski definition) is 3. The number of rotatable bonds is 7. The summed E-state index contributed by atoms with van der Waals surface area (Å²) < 4.78 is 4.95. The van der Waals surface area contributed by atoms with Gasteiger partial charge in [0, 0.05) is 6.04 Å². The van der Waals surface area contributed by atoms with Gasteiger partial charge < -0.3 is 15.2 Å². The van der Waals surface area contributed by atoms with Crippen LogP contribution in [0.25, 0.3) is 0 Å². The van der Waals surface area contributed by atoms with E-state index in [-0.39, 0.29) is 18.4 Å². The molecule has 0 bridgehead atoms. The highest BCUT2D eigenvalue weighted by Crippen LogP contribution is 2.08. The predicted molar refractivity (Wildman–Crippen MR) is 64.8 cm³/mol. The molecule has 2 N–H and O–H groups in total. The van der Waals surface area contributed by atoms with Crippen LogP contribution in [0, 0.1) is 11.8 Å². The smallest absolute Gasteiger partial charge is 0.407 e. The lowest BCUT2D eigenvalue weighted by Gasteiger charge is -2.19. The Morgan fingerprint density at radius 3 is 2.18 bits per heavy atom. The molecule has 0 aliphatic rings. The Morgan fingerprint density at radius 1 is 1.18 bits per heavy atom. The molecule has 0 aromatic heterocycles. The Balaban J connectivity index is 4.12. The van der Waals surface area contributed by atoms with Gasteiger partial charge in [-0.1, -0.05) is 27.7 Å². The van der Waals surface area contributed by atoms with Gasteiger partial charge >= 0.3 is 12.1 Å². The lowest BCUT2D eigenvalue weighted by Crippen LogP contribution is -2.38. The molecule has 0 saturated heterocycles. The van der Waals surface area contributed by atoms with Crippen molar-refractivity contribution in [2.75, 3.05) is 6.61 Å². The number of carbonyl (C=O) groups excluding carboxylic acids is 1. The van der Waals surface area contributed by atoms with Crippen molar-refractivity contribution in [1.29, 1.82) is 0 Å². The van der Waals surface area contributed by atoms with E-state index in [2.05, 4.69) is 5.32 Å². The number of alkyl carbamates (subject to hydrolysis) is 1. The van der Waals surface area contributed by atoms with Crippen molar-refractivity contribution in [1.82, 2.24) is 5.32 Å². The van der Waals surface area contributed by atoms with Crippen LogP contribution in [0.2, 0.25) is 0 Å². The first-order valence-electron chi connectivity index (χ1n) is 5.96. The van der Waals surface area contributed by atoms with E-state index < -0.39 is 12.1 Å². The summed E-state index contributed by atoms with van der Waals surface area (Å²) in [5.41, 5.74) is 0. The van der Waals surface area contributed by atoms with E-state index in [9.17, 15) is 9.59 Å². The van der Waals surface area contributed by atoms with Crippen LogP contribution in [0.5, 0.6) is 0 Å². The van der Waals surface area contributed by atoms with Crippen LogP contribution in [0.4, 0.5) is 4.79 Å². The van der Waals surface area contributed by atoms with Gasteiger partial charge in [-0.25, -0.2) is 4.79 Å². The molecule has 1 atom stereocenters. The Morgan fingerprint density at radius 2 is 1.76 bits per heavy atom. The summed E-state index contributed by atoms with van der Waals surface area (Å²) in [6, 6.07) is -0.368. The highest BCUT2D eigenvalue weighted by Gasteiger charge is 2.18. The summed E-state index contributed by atoms with van der Waals surface area (Å²) in [7, 11) is 0. The predicted octanol–water partition coefficient (Wildman–Crippen LogP) is 2.26. The van der Waals surface area contributed by atoms with Crippen LogP contribution in [-0.2, 0) is 9.53 Å². The molecule has 0 aromatic carbocycles. The van der Waals surface area contributed by atoms with Crippen molar-refractivity contribution < 1.29 is 19.4 Å². The quantitative estimate of drug-likeness (QED) is 0.721. The van der Waals surface area contributed by atoms with Crippen LogP contribution >= 0.6 is 0 Å².